The van der Waals surface area contributed by atoms with Crippen LogP contribution in [0.2, 0.25) is 10.0 Å². The maximum absolute atomic E-state index is 13.8. The topological polar surface area (TPSA) is 12.0 Å². The fourth-order valence-corrected chi connectivity index (χ4v) is 2.50. The summed E-state index contributed by atoms with van der Waals surface area (Å²) in [6, 6.07) is 10.7. The summed E-state index contributed by atoms with van der Waals surface area (Å²) in [6.45, 7) is 4.68. The molecule has 0 aliphatic rings. The summed E-state index contributed by atoms with van der Waals surface area (Å²) in [7, 11) is 0. The van der Waals surface area contributed by atoms with Crippen molar-refractivity contribution in [1.82, 2.24) is 5.32 Å². The van der Waals surface area contributed by atoms with Crippen LogP contribution in [-0.4, -0.2) is 6.54 Å². The summed E-state index contributed by atoms with van der Waals surface area (Å²) < 4.78 is 13.8. The molecule has 2 aromatic carbocycles. The summed E-state index contributed by atoms with van der Waals surface area (Å²) in [6.07, 6.45) is 0.992. The molecule has 1 N–H and O–H groups in total. The van der Waals surface area contributed by atoms with Crippen LogP contribution >= 0.6 is 23.2 Å². The van der Waals surface area contributed by atoms with E-state index in [2.05, 4.69) is 12.2 Å². The van der Waals surface area contributed by atoms with Gasteiger partial charge in [0.2, 0.25) is 0 Å². The van der Waals surface area contributed by atoms with Gasteiger partial charge in [-0.15, -0.1) is 0 Å². The molecule has 1 atom stereocenters. The second-order valence-corrected chi connectivity index (χ2v) is 5.88. The first-order chi connectivity index (χ1) is 10.0. The zero-order valence-corrected chi connectivity index (χ0v) is 13.6. The Morgan fingerprint density at radius 1 is 1.05 bits per heavy atom. The van der Waals surface area contributed by atoms with Gasteiger partial charge in [0.25, 0.3) is 0 Å². The molecule has 0 aliphatic heterocycles. The third-order valence-corrected chi connectivity index (χ3v) is 4.14. The fraction of sp³-hybridized carbons (Fsp3) is 0.294. The van der Waals surface area contributed by atoms with Gasteiger partial charge in [-0.3, -0.25) is 0 Å². The van der Waals surface area contributed by atoms with Crippen LogP contribution in [0.15, 0.2) is 36.4 Å². The van der Waals surface area contributed by atoms with Crippen LogP contribution in [0.1, 0.15) is 36.1 Å². The van der Waals surface area contributed by atoms with Gasteiger partial charge in [-0.1, -0.05) is 48.3 Å². The van der Waals surface area contributed by atoms with Crippen LogP contribution in [-0.2, 0) is 0 Å². The molecular weight excluding hydrogens is 308 g/mol. The molecule has 0 aliphatic carbocycles. The molecule has 112 valence electrons. The average molecular weight is 326 g/mol. The third-order valence-electron chi connectivity index (χ3n) is 3.40. The van der Waals surface area contributed by atoms with Crippen molar-refractivity contribution < 1.29 is 4.39 Å². The van der Waals surface area contributed by atoms with Crippen molar-refractivity contribution in [2.24, 2.45) is 0 Å². The van der Waals surface area contributed by atoms with Crippen LogP contribution in [0, 0.1) is 12.7 Å². The van der Waals surface area contributed by atoms with Gasteiger partial charge in [0.1, 0.15) is 5.82 Å². The number of rotatable bonds is 5. The van der Waals surface area contributed by atoms with E-state index in [1.807, 2.05) is 18.2 Å². The highest BCUT2D eigenvalue weighted by atomic mass is 35.5. The predicted molar refractivity (Wildman–Crippen MR) is 87.7 cm³/mol. The number of nitrogens with one attached hydrogen (secondary N) is 1. The Balaban J connectivity index is 2.41. The van der Waals surface area contributed by atoms with E-state index in [4.69, 9.17) is 23.2 Å². The first kappa shape index (κ1) is 16.3. The second-order valence-electron chi connectivity index (χ2n) is 5.07. The molecule has 2 aromatic rings. The maximum Gasteiger partial charge on any atom is 0.126 e. The summed E-state index contributed by atoms with van der Waals surface area (Å²) in [5.41, 5.74) is 2.49. The van der Waals surface area contributed by atoms with Crippen LogP contribution in [0.5, 0.6) is 0 Å². The smallest absolute Gasteiger partial charge is 0.126 e. The molecule has 0 amide bonds. The zero-order chi connectivity index (χ0) is 15.4. The van der Waals surface area contributed by atoms with E-state index in [1.54, 1.807) is 25.1 Å². The minimum atomic E-state index is -0.198. The van der Waals surface area contributed by atoms with E-state index in [9.17, 15) is 4.39 Å². The predicted octanol–water partition coefficient (Wildman–Crippen LogP) is 5.53. The van der Waals surface area contributed by atoms with Gasteiger partial charge in [0, 0.05) is 0 Å². The van der Waals surface area contributed by atoms with Crippen molar-refractivity contribution in [3.8, 4) is 0 Å². The highest BCUT2D eigenvalue weighted by Crippen LogP contribution is 2.29. The monoisotopic (exact) mass is 325 g/mol. The van der Waals surface area contributed by atoms with Gasteiger partial charge in [-0.25, -0.2) is 4.39 Å². The Kier molecular flexibility index (Phi) is 5.63. The molecule has 0 saturated heterocycles. The SMILES string of the molecule is CCCNC(c1ccc(C)c(F)c1)c1ccc(Cl)c(Cl)c1. The highest BCUT2D eigenvalue weighted by molar-refractivity contribution is 6.42. The first-order valence-electron chi connectivity index (χ1n) is 6.97. The molecule has 4 heteroatoms. The summed E-state index contributed by atoms with van der Waals surface area (Å²) in [5, 5.41) is 4.45. The Bertz CT molecular complexity index is 577. The molecule has 0 heterocycles. The number of halogens is 3. The lowest BCUT2D eigenvalue weighted by Gasteiger charge is -2.20. The van der Waals surface area contributed by atoms with E-state index >= 15 is 0 Å². The maximum atomic E-state index is 13.8. The zero-order valence-electron chi connectivity index (χ0n) is 12.1. The van der Waals surface area contributed by atoms with Crippen molar-refractivity contribution >= 4 is 23.2 Å². The average Bonchev–Trinajstić information content (AvgIpc) is 2.46. The lowest BCUT2D eigenvalue weighted by atomic mass is 9.97. The fourth-order valence-electron chi connectivity index (χ4n) is 2.20. The first-order valence-corrected chi connectivity index (χ1v) is 7.73. The van der Waals surface area contributed by atoms with Crippen LogP contribution < -0.4 is 5.32 Å². The normalized spacial score (nSPS) is 12.4. The van der Waals surface area contributed by atoms with Crippen molar-refractivity contribution in [3.63, 3.8) is 0 Å². The molecule has 0 fully saturated rings. The quantitative estimate of drug-likeness (QED) is 0.762. The lowest BCUT2D eigenvalue weighted by molar-refractivity contribution is 0.582. The largest absolute Gasteiger partial charge is 0.306 e. The van der Waals surface area contributed by atoms with Gasteiger partial charge in [0.15, 0.2) is 0 Å². The summed E-state index contributed by atoms with van der Waals surface area (Å²) in [5.74, 6) is -0.198. The molecule has 0 bridgehead atoms. The summed E-state index contributed by atoms with van der Waals surface area (Å²) >= 11 is 12.1. The molecule has 2 rings (SSSR count). The van der Waals surface area contributed by atoms with Gasteiger partial charge in [-0.2, -0.15) is 0 Å². The standard InChI is InChI=1S/C17H18Cl2FN/c1-3-8-21-17(12-6-7-14(18)15(19)9-12)13-5-4-11(2)16(20)10-13/h4-7,9-10,17,21H,3,8H2,1-2H3. The number of benzene rings is 2. The molecule has 1 nitrogen and oxygen atoms in total. The van der Waals surface area contributed by atoms with Crippen LogP contribution in [0.25, 0.3) is 0 Å². The molecule has 0 aromatic heterocycles. The van der Waals surface area contributed by atoms with Gasteiger partial charge >= 0.3 is 0 Å². The van der Waals surface area contributed by atoms with Crippen LogP contribution in [0.4, 0.5) is 4.39 Å². The van der Waals surface area contributed by atoms with Crippen LogP contribution in [0.3, 0.4) is 0 Å². The molecule has 21 heavy (non-hydrogen) atoms. The van der Waals surface area contributed by atoms with E-state index in [1.165, 1.54) is 0 Å². The van der Waals surface area contributed by atoms with Gasteiger partial charge in [0.05, 0.1) is 16.1 Å². The van der Waals surface area contributed by atoms with E-state index in [0.29, 0.717) is 15.6 Å². The van der Waals surface area contributed by atoms with Gasteiger partial charge < -0.3 is 5.32 Å². The minimum Gasteiger partial charge on any atom is -0.306 e. The van der Waals surface area contributed by atoms with Gasteiger partial charge in [-0.05, 0) is 54.8 Å². The highest BCUT2D eigenvalue weighted by Gasteiger charge is 2.15. The Labute approximate surface area is 135 Å². The van der Waals surface area contributed by atoms with E-state index in [0.717, 1.165) is 24.1 Å². The van der Waals surface area contributed by atoms with E-state index < -0.39 is 0 Å². The molecule has 0 radical (unpaired) electrons. The lowest BCUT2D eigenvalue weighted by Crippen LogP contribution is -2.23. The van der Waals surface area contributed by atoms with Crippen molar-refractivity contribution in [2.45, 2.75) is 26.3 Å². The summed E-state index contributed by atoms with van der Waals surface area (Å²) in [4.78, 5) is 0. The van der Waals surface area contributed by atoms with Crippen molar-refractivity contribution in [1.29, 1.82) is 0 Å². The molecular formula is C17H18Cl2FN. The second kappa shape index (κ2) is 7.26. The van der Waals surface area contributed by atoms with Crippen molar-refractivity contribution in [2.75, 3.05) is 6.54 Å². The number of hydrogen-bond acceptors (Lipinski definition) is 1. The molecule has 0 saturated carbocycles. The van der Waals surface area contributed by atoms with Crippen molar-refractivity contribution in [3.05, 3.63) is 69.0 Å². The number of aryl methyl sites for hydroxylation is 1. The molecule has 0 spiro atoms. The Hall–Kier alpha value is -1.09. The third kappa shape index (κ3) is 3.97. The number of hydrogen-bond donors (Lipinski definition) is 1. The molecule has 1 unspecified atom stereocenters. The minimum absolute atomic E-state index is 0.102. The Morgan fingerprint density at radius 3 is 2.33 bits per heavy atom. The Morgan fingerprint density at radius 2 is 1.71 bits per heavy atom. The van der Waals surface area contributed by atoms with E-state index in [-0.39, 0.29) is 11.9 Å².